The molecule has 41 heavy (non-hydrogen) atoms. The fraction of sp³-hybridized carbons (Fsp3) is 0. The summed E-state index contributed by atoms with van der Waals surface area (Å²) in [6.07, 6.45) is 0. The summed E-state index contributed by atoms with van der Waals surface area (Å²) in [5.41, 5.74) is 7.60. The van der Waals surface area contributed by atoms with Gasteiger partial charge in [-0.25, -0.2) is 9.97 Å². The molecule has 0 aliphatic heterocycles. The fourth-order valence-corrected chi connectivity index (χ4v) is 5.88. The largest absolute Gasteiger partial charge is 0.294 e. The SMILES string of the molecule is c1ccc(-c2nc(-c3ccc(-c4cccc5ccccc45)cc3)cc(-n3c4ccccc4c4ccccc43)n2)cc1. The topological polar surface area (TPSA) is 30.7 Å². The molecule has 0 atom stereocenters. The molecule has 0 saturated carbocycles. The Labute approximate surface area is 238 Å². The van der Waals surface area contributed by atoms with E-state index < -0.39 is 0 Å². The summed E-state index contributed by atoms with van der Waals surface area (Å²) in [6.45, 7) is 0. The van der Waals surface area contributed by atoms with Crippen LogP contribution >= 0.6 is 0 Å². The van der Waals surface area contributed by atoms with Crippen molar-refractivity contribution in [2.45, 2.75) is 0 Å². The summed E-state index contributed by atoms with van der Waals surface area (Å²) < 4.78 is 2.26. The van der Waals surface area contributed by atoms with Gasteiger partial charge < -0.3 is 0 Å². The minimum Gasteiger partial charge on any atom is -0.294 e. The predicted molar refractivity (Wildman–Crippen MR) is 170 cm³/mol. The molecule has 2 heterocycles. The van der Waals surface area contributed by atoms with Gasteiger partial charge in [0.15, 0.2) is 5.82 Å². The number of hydrogen-bond acceptors (Lipinski definition) is 2. The molecule has 8 rings (SSSR count). The van der Waals surface area contributed by atoms with Gasteiger partial charge in [-0.3, -0.25) is 4.57 Å². The van der Waals surface area contributed by atoms with Gasteiger partial charge in [-0.1, -0.05) is 133 Å². The third-order valence-corrected chi connectivity index (χ3v) is 7.84. The molecule has 6 aromatic carbocycles. The Balaban J connectivity index is 1.32. The van der Waals surface area contributed by atoms with Gasteiger partial charge in [0.1, 0.15) is 5.82 Å². The molecular formula is C38H25N3. The summed E-state index contributed by atoms with van der Waals surface area (Å²) in [6, 6.07) is 53.1. The highest BCUT2D eigenvalue weighted by Crippen LogP contribution is 2.34. The Morgan fingerprint density at radius 2 is 1.00 bits per heavy atom. The molecule has 0 fully saturated rings. The van der Waals surface area contributed by atoms with E-state index in [1.54, 1.807) is 0 Å². The van der Waals surface area contributed by atoms with E-state index in [0.29, 0.717) is 5.82 Å². The molecule has 3 nitrogen and oxygen atoms in total. The van der Waals surface area contributed by atoms with Crippen LogP contribution in [0.4, 0.5) is 0 Å². The summed E-state index contributed by atoms with van der Waals surface area (Å²) in [5.74, 6) is 1.56. The zero-order valence-corrected chi connectivity index (χ0v) is 22.3. The van der Waals surface area contributed by atoms with Crippen LogP contribution in [0.15, 0.2) is 152 Å². The second-order valence-electron chi connectivity index (χ2n) is 10.3. The lowest BCUT2D eigenvalue weighted by atomic mass is 9.97. The maximum absolute atomic E-state index is 5.12. The Kier molecular flexibility index (Phi) is 5.46. The van der Waals surface area contributed by atoms with Crippen LogP contribution < -0.4 is 0 Å². The zero-order valence-electron chi connectivity index (χ0n) is 22.3. The van der Waals surface area contributed by atoms with E-state index in [9.17, 15) is 0 Å². The molecule has 0 radical (unpaired) electrons. The first-order valence-corrected chi connectivity index (χ1v) is 13.9. The molecule has 192 valence electrons. The zero-order chi connectivity index (χ0) is 27.2. The predicted octanol–water partition coefficient (Wildman–Crippen LogP) is 9.73. The normalized spacial score (nSPS) is 11.4. The standard InChI is InChI=1S/C38H25N3/c1-2-12-29(13-3-1)38-39-34(28-23-21-27(22-24-28)31-18-10-14-26-11-4-5-15-30(26)31)25-37(40-38)41-35-19-8-6-16-32(35)33-17-7-9-20-36(33)41/h1-25H. The van der Waals surface area contributed by atoms with E-state index in [1.807, 2.05) is 18.2 Å². The van der Waals surface area contributed by atoms with Crippen LogP contribution in [0.25, 0.3) is 72.2 Å². The Morgan fingerprint density at radius 1 is 0.415 bits per heavy atom. The minimum atomic E-state index is 0.707. The average Bonchev–Trinajstić information content (AvgIpc) is 3.39. The summed E-state index contributed by atoms with van der Waals surface area (Å²) in [7, 11) is 0. The third-order valence-electron chi connectivity index (χ3n) is 7.84. The Morgan fingerprint density at radius 3 is 1.73 bits per heavy atom. The number of aromatic nitrogens is 3. The molecule has 0 aliphatic rings. The number of para-hydroxylation sites is 2. The molecule has 0 aliphatic carbocycles. The number of fused-ring (bicyclic) bond motifs is 4. The van der Waals surface area contributed by atoms with Crippen LogP contribution in [0.1, 0.15) is 0 Å². The lowest BCUT2D eigenvalue weighted by Crippen LogP contribution is -2.02. The van der Waals surface area contributed by atoms with Crippen LogP contribution in [0.2, 0.25) is 0 Å². The molecular weight excluding hydrogens is 498 g/mol. The van der Waals surface area contributed by atoms with E-state index in [0.717, 1.165) is 33.7 Å². The first kappa shape index (κ1) is 23.4. The molecule has 0 spiro atoms. The van der Waals surface area contributed by atoms with Gasteiger partial charge in [0.05, 0.1) is 16.7 Å². The van der Waals surface area contributed by atoms with Crippen molar-refractivity contribution in [1.82, 2.24) is 14.5 Å². The Bertz CT molecular complexity index is 2130. The summed E-state index contributed by atoms with van der Waals surface area (Å²) >= 11 is 0. The van der Waals surface area contributed by atoms with E-state index in [1.165, 1.54) is 32.7 Å². The van der Waals surface area contributed by atoms with Crippen molar-refractivity contribution in [3.05, 3.63) is 152 Å². The molecule has 8 aromatic rings. The minimum absolute atomic E-state index is 0.707. The summed E-state index contributed by atoms with van der Waals surface area (Å²) in [4.78, 5) is 10.2. The van der Waals surface area contributed by atoms with Crippen LogP contribution in [0.5, 0.6) is 0 Å². The van der Waals surface area contributed by atoms with E-state index >= 15 is 0 Å². The van der Waals surface area contributed by atoms with Gasteiger partial charge in [0, 0.05) is 28.0 Å². The van der Waals surface area contributed by atoms with Crippen LogP contribution in [0.3, 0.4) is 0 Å². The van der Waals surface area contributed by atoms with Gasteiger partial charge in [0.2, 0.25) is 0 Å². The second kappa shape index (κ2) is 9.58. The lowest BCUT2D eigenvalue weighted by Gasteiger charge is -2.12. The molecule has 0 bridgehead atoms. The van der Waals surface area contributed by atoms with Gasteiger partial charge in [-0.2, -0.15) is 0 Å². The van der Waals surface area contributed by atoms with Crippen molar-refractivity contribution in [3.8, 4) is 39.6 Å². The van der Waals surface area contributed by atoms with Crippen molar-refractivity contribution in [2.24, 2.45) is 0 Å². The van der Waals surface area contributed by atoms with Crippen molar-refractivity contribution in [2.75, 3.05) is 0 Å². The Hall–Kier alpha value is -5.54. The first-order chi connectivity index (χ1) is 20.3. The van der Waals surface area contributed by atoms with Crippen molar-refractivity contribution < 1.29 is 0 Å². The molecule has 0 amide bonds. The monoisotopic (exact) mass is 523 g/mol. The first-order valence-electron chi connectivity index (χ1n) is 13.9. The maximum Gasteiger partial charge on any atom is 0.162 e. The van der Waals surface area contributed by atoms with E-state index in [4.69, 9.17) is 9.97 Å². The van der Waals surface area contributed by atoms with Crippen LogP contribution in [-0.4, -0.2) is 14.5 Å². The number of nitrogens with zero attached hydrogens (tertiary/aromatic N) is 3. The fourth-order valence-electron chi connectivity index (χ4n) is 5.88. The van der Waals surface area contributed by atoms with Crippen molar-refractivity contribution >= 4 is 32.6 Å². The quantitative estimate of drug-likeness (QED) is 0.230. The van der Waals surface area contributed by atoms with Crippen molar-refractivity contribution in [1.29, 1.82) is 0 Å². The highest BCUT2D eigenvalue weighted by molar-refractivity contribution is 6.09. The summed E-state index contributed by atoms with van der Waals surface area (Å²) in [5, 5.41) is 4.92. The van der Waals surface area contributed by atoms with Gasteiger partial charge in [-0.15, -0.1) is 0 Å². The number of benzene rings is 6. The molecule has 0 saturated heterocycles. The van der Waals surface area contributed by atoms with Gasteiger partial charge >= 0.3 is 0 Å². The lowest BCUT2D eigenvalue weighted by molar-refractivity contribution is 1.05. The smallest absolute Gasteiger partial charge is 0.162 e. The molecule has 3 heteroatoms. The van der Waals surface area contributed by atoms with E-state index in [2.05, 4.69) is 138 Å². The second-order valence-corrected chi connectivity index (χ2v) is 10.3. The van der Waals surface area contributed by atoms with Gasteiger partial charge in [-0.05, 0) is 34.0 Å². The molecule has 2 aromatic heterocycles. The maximum atomic E-state index is 5.12. The van der Waals surface area contributed by atoms with Crippen molar-refractivity contribution in [3.63, 3.8) is 0 Å². The van der Waals surface area contributed by atoms with Crippen LogP contribution in [0, 0.1) is 0 Å². The molecule has 0 unspecified atom stereocenters. The highest BCUT2D eigenvalue weighted by atomic mass is 15.1. The number of hydrogen-bond donors (Lipinski definition) is 0. The van der Waals surface area contributed by atoms with E-state index in [-0.39, 0.29) is 0 Å². The highest BCUT2D eigenvalue weighted by Gasteiger charge is 2.16. The molecule has 0 N–H and O–H groups in total. The third kappa shape index (κ3) is 3.98. The average molecular weight is 524 g/mol. The van der Waals surface area contributed by atoms with Crippen LogP contribution in [-0.2, 0) is 0 Å². The van der Waals surface area contributed by atoms with Gasteiger partial charge in [0.25, 0.3) is 0 Å². The number of rotatable bonds is 4.